The van der Waals surface area contributed by atoms with Gasteiger partial charge in [0.25, 0.3) is 0 Å². The normalized spacial score (nSPS) is 10.5. The number of nitrogens with two attached hydrogens (primary N) is 1. The molecule has 0 aliphatic rings. The van der Waals surface area contributed by atoms with Crippen LogP contribution in [-0.2, 0) is 13.5 Å². The average molecular weight is 196 g/mol. The molecule has 0 aromatic carbocycles. The number of rotatable bonds is 6. The number of nitrogens with one attached hydrogen (secondary N) is 1. The molecule has 0 fully saturated rings. The van der Waals surface area contributed by atoms with Crippen LogP contribution in [0.3, 0.4) is 0 Å². The summed E-state index contributed by atoms with van der Waals surface area (Å²) in [6.45, 7) is 3.84. The number of anilines is 1. The molecule has 14 heavy (non-hydrogen) atoms. The highest BCUT2D eigenvalue weighted by molar-refractivity contribution is 5.46. The first kappa shape index (κ1) is 11.0. The van der Waals surface area contributed by atoms with E-state index in [-0.39, 0.29) is 0 Å². The molecule has 0 radical (unpaired) electrons. The van der Waals surface area contributed by atoms with Crippen LogP contribution in [0, 0.1) is 0 Å². The quantitative estimate of drug-likeness (QED) is 0.671. The molecular weight excluding hydrogens is 176 g/mol. The van der Waals surface area contributed by atoms with Crippen molar-refractivity contribution < 1.29 is 0 Å². The number of aromatic nitrogens is 2. The minimum atomic E-state index is 0.733. The zero-order valence-electron chi connectivity index (χ0n) is 9.08. The topological polar surface area (TPSA) is 55.9 Å². The van der Waals surface area contributed by atoms with Crippen molar-refractivity contribution in [3.63, 3.8) is 0 Å². The molecule has 0 saturated heterocycles. The second-order valence-electron chi connectivity index (χ2n) is 3.45. The van der Waals surface area contributed by atoms with E-state index in [1.807, 2.05) is 17.9 Å². The van der Waals surface area contributed by atoms with E-state index in [0.29, 0.717) is 0 Å². The van der Waals surface area contributed by atoms with Crippen LogP contribution in [0.1, 0.15) is 25.5 Å². The summed E-state index contributed by atoms with van der Waals surface area (Å²) in [5.41, 5.74) is 7.87. The molecular formula is C10H20N4. The Bertz CT molecular complexity index is 267. The van der Waals surface area contributed by atoms with Crippen molar-refractivity contribution in [1.82, 2.24) is 9.78 Å². The third-order valence-electron chi connectivity index (χ3n) is 2.24. The van der Waals surface area contributed by atoms with Crippen molar-refractivity contribution in [1.29, 1.82) is 0 Å². The second-order valence-corrected chi connectivity index (χ2v) is 3.45. The molecule has 4 nitrogen and oxygen atoms in total. The van der Waals surface area contributed by atoms with Crippen molar-refractivity contribution >= 4 is 5.69 Å². The van der Waals surface area contributed by atoms with Crippen LogP contribution in [0.15, 0.2) is 6.20 Å². The summed E-state index contributed by atoms with van der Waals surface area (Å²) in [4.78, 5) is 0. The Morgan fingerprint density at radius 3 is 3.00 bits per heavy atom. The Morgan fingerprint density at radius 1 is 1.57 bits per heavy atom. The highest BCUT2D eigenvalue weighted by Crippen LogP contribution is 2.15. The fourth-order valence-corrected chi connectivity index (χ4v) is 1.47. The average Bonchev–Trinajstić information content (AvgIpc) is 2.51. The lowest BCUT2D eigenvalue weighted by molar-refractivity contribution is 0.698. The molecule has 3 N–H and O–H groups in total. The molecule has 1 rings (SSSR count). The lowest BCUT2D eigenvalue weighted by Crippen LogP contribution is -2.09. The van der Waals surface area contributed by atoms with E-state index < -0.39 is 0 Å². The first-order chi connectivity index (χ1) is 6.79. The molecule has 0 bridgehead atoms. The van der Waals surface area contributed by atoms with Gasteiger partial charge < -0.3 is 11.1 Å². The summed E-state index contributed by atoms with van der Waals surface area (Å²) in [6, 6.07) is 0. The Labute approximate surface area is 85.5 Å². The van der Waals surface area contributed by atoms with Crippen molar-refractivity contribution in [2.45, 2.75) is 26.2 Å². The third-order valence-corrected chi connectivity index (χ3v) is 2.24. The van der Waals surface area contributed by atoms with Crippen LogP contribution in [0.5, 0.6) is 0 Å². The van der Waals surface area contributed by atoms with Gasteiger partial charge in [-0.2, -0.15) is 5.10 Å². The van der Waals surface area contributed by atoms with Crippen molar-refractivity contribution in [2.24, 2.45) is 12.8 Å². The lowest BCUT2D eigenvalue weighted by Gasteiger charge is -2.06. The Balaban J connectivity index is 2.56. The Kier molecular flexibility index (Phi) is 4.46. The fraction of sp³-hybridized carbons (Fsp3) is 0.700. The maximum Gasteiger partial charge on any atom is 0.0759 e. The van der Waals surface area contributed by atoms with E-state index in [2.05, 4.69) is 17.3 Å². The zero-order chi connectivity index (χ0) is 10.4. The standard InChI is InChI=1S/C10H20N4/c1-3-5-10-9(8-13-14(10)2)12-7-4-6-11/h8,12H,3-7,11H2,1-2H3. The fourth-order valence-electron chi connectivity index (χ4n) is 1.47. The van der Waals surface area contributed by atoms with E-state index in [1.165, 1.54) is 5.69 Å². The van der Waals surface area contributed by atoms with E-state index in [1.54, 1.807) is 0 Å². The minimum absolute atomic E-state index is 0.733. The summed E-state index contributed by atoms with van der Waals surface area (Å²) < 4.78 is 1.94. The van der Waals surface area contributed by atoms with Crippen molar-refractivity contribution in [3.8, 4) is 0 Å². The summed E-state index contributed by atoms with van der Waals surface area (Å²) in [5.74, 6) is 0. The van der Waals surface area contributed by atoms with Gasteiger partial charge in [0.1, 0.15) is 0 Å². The molecule has 0 unspecified atom stereocenters. The molecule has 1 heterocycles. The van der Waals surface area contributed by atoms with Crippen molar-refractivity contribution in [2.75, 3.05) is 18.4 Å². The largest absolute Gasteiger partial charge is 0.382 e. The lowest BCUT2D eigenvalue weighted by atomic mass is 10.2. The number of hydrogen-bond donors (Lipinski definition) is 2. The smallest absolute Gasteiger partial charge is 0.0759 e. The molecule has 0 atom stereocenters. The van der Waals surface area contributed by atoms with Gasteiger partial charge in [-0.1, -0.05) is 13.3 Å². The first-order valence-corrected chi connectivity index (χ1v) is 5.24. The van der Waals surface area contributed by atoms with Crippen LogP contribution < -0.4 is 11.1 Å². The first-order valence-electron chi connectivity index (χ1n) is 5.24. The van der Waals surface area contributed by atoms with Gasteiger partial charge in [0.15, 0.2) is 0 Å². The van der Waals surface area contributed by atoms with E-state index in [9.17, 15) is 0 Å². The van der Waals surface area contributed by atoms with Crippen LogP contribution in [0.25, 0.3) is 0 Å². The molecule has 4 heteroatoms. The molecule has 80 valence electrons. The van der Waals surface area contributed by atoms with Crippen LogP contribution in [0.4, 0.5) is 5.69 Å². The molecule has 1 aromatic heterocycles. The maximum atomic E-state index is 5.43. The molecule has 1 aromatic rings. The second kappa shape index (κ2) is 5.65. The van der Waals surface area contributed by atoms with E-state index in [0.717, 1.165) is 38.0 Å². The van der Waals surface area contributed by atoms with Crippen LogP contribution in [0.2, 0.25) is 0 Å². The van der Waals surface area contributed by atoms with Crippen LogP contribution in [-0.4, -0.2) is 22.9 Å². The highest BCUT2D eigenvalue weighted by Gasteiger charge is 2.05. The predicted octanol–water partition coefficient (Wildman–Crippen LogP) is 1.13. The zero-order valence-corrected chi connectivity index (χ0v) is 9.08. The predicted molar refractivity (Wildman–Crippen MR) is 59.4 cm³/mol. The van der Waals surface area contributed by atoms with Gasteiger partial charge in [-0.15, -0.1) is 0 Å². The van der Waals surface area contributed by atoms with Gasteiger partial charge in [-0.05, 0) is 19.4 Å². The SMILES string of the molecule is CCCc1c(NCCCN)cnn1C. The van der Waals surface area contributed by atoms with Gasteiger partial charge in [-0.3, -0.25) is 4.68 Å². The number of nitrogens with zero attached hydrogens (tertiary/aromatic N) is 2. The molecule has 0 amide bonds. The summed E-state index contributed by atoms with van der Waals surface area (Å²) in [5, 5.41) is 7.59. The molecule has 0 aliphatic heterocycles. The molecule has 0 spiro atoms. The molecule has 0 aliphatic carbocycles. The van der Waals surface area contributed by atoms with Crippen molar-refractivity contribution in [3.05, 3.63) is 11.9 Å². The molecule has 0 saturated carbocycles. The Hall–Kier alpha value is -1.03. The maximum absolute atomic E-state index is 5.43. The summed E-state index contributed by atoms with van der Waals surface area (Å²) in [7, 11) is 1.99. The van der Waals surface area contributed by atoms with Gasteiger partial charge in [0.05, 0.1) is 17.6 Å². The number of aryl methyl sites for hydroxylation is 1. The van der Waals surface area contributed by atoms with Gasteiger partial charge in [-0.25, -0.2) is 0 Å². The number of hydrogen-bond acceptors (Lipinski definition) is 3. The Morgan fingerprint density at radius 2 is 2.36 bits per heavy atom. The summed E-state index contributed by atoms with van der Waals surface area (Å²) in [6.07, 6.45) is 5.11. The van der Waals surface area contributed by atoms with E-state index in [4.69, 9.17) is 5.73 Å². The van der Waals surface area contributed by atoms with Gasteiger partial charge in [0.2, 0.25) is 0 Å². The van der Waals surface area contributed by atoms with Gasteiger partial charge >= 0.3 is 0 Å². The van der Waals surface area contributed by atoms with E-state index >= 15 is 0 Å². The monoisotopic (exact) mass is 196 g/mol. The van der Waals surface area contributed by atoms with Crippen LogP contribution >= 0.6 is 0 Å². The minimum Gasteiger partial charge on any atom is -0.382 e. The summed E-state index contributed by atoms with van der Waals surface area (Å²) >= 11 is 0. The highest BCUT2D eigenvalue weighted by atomic mass is 15.3. The third kappa shape index (κ3) is 2.73. The van der Waals surface area contributed by atoms with Gasteiger partial charge in [0, 0.05) is 13.6 Å².